The van der Waals surface area contributed by atoms with Crippen LogP contribution in [0.5, 0.6) is 0 Å². The van der Waals surface area contributed by atoms with Crippen LogP contribution in [0, 0.1) is 5.82 Å². The second kappa shape index (κ2) is 7.49. The van der Waals surface area contributed by atoms with Crippen molar-refractivity contribution in [2.45, 2.75) is 58.2 Å². The minimum Gasteiger partial charge on any atom is -0.322 e. The Bertz CT molecular complexity index is 1470. The topological polar surface area (TPSA) is 94.6 Å². The third-order valence-corrected chi connectivity index (χ3v) is 6.47. The molecular weight excluding hydrogens is 435 g/mol. The molecule has 0 atom stereocenters. The van der Waals surface area contributed by atoms with E-state index in [9.17, 15) is 9.18 Å². The molecule has 0 saturated heterocycles. The molecule has 2 aliphatic rings. The molecule has 10 heteroatoms. The van der Waals surface area contributed by atoms with Gasteiger partial charge in [-0.05, 0) is 69.8 Å². The predicted molar refractivity (Wildman–Crippen MR) is 127 cm³/mol. The van der Waals surface area contributed by atoms with Gasteiger partial charge in [0.05, 0.1) is 11.7 Å². The molecule has 0 radical (unpaired) electrons. The summed E-state index contributed by atoms with van der Waals surface area (Å²) >= 11 is 0. The van der Waals surface area contributed by atoms with E-state index in [1.165, 1.54) is 6.20 Å². The number of hydrogen-bond donors (Lipinski definition) is 2. The van der Waals surface area contributed by atoms with Crippen molar-refractivity contribution in [2.24, 2.45) is 0 Å². The summed E-state index contributed by atoms with van der Waals surface area (Å²) in [5.74, 6) is 0.488. The van der Waals surface area contributed by atoms with Crippen molar-refractivity contribution in [3.8, 4) is 5.95 Å². The van der Waals surface area contributed by atoms with E-state index < -0.39 is 0 Å². The maximum atomic E-state index is 14.8. The summed E-state index contributed by atoms with van der Waals surface area (Å²) in [6.45, 7) is 7.78. The fourth-order valence-electron chi connectivity index (χ4n) is 4.60. The van der Waals surface area contributed by atoms with Crippen LogP contribution < -0.4 is 16.2 Å². The van der Waals surface area contributed by atoms with Crippen LogP contribution in [0.1, 0.15) is 50.8 Å². The molecule has 0 spiro atoms. The number of halogens is 1. The lowest BCUT2D eigenvalue weighted by Crippen LogP contribution is -2.28. The van der Waals surface area contributed by atoms with Gasteiger partial charge >= 0.3 is 0 Å². The quantitative estimate of drug-likeness (QED) is 0.483. The van der Waals surface area contributed by atoms with Gasteiger partial charge in [-0.2, -0.15) is 9.67 Å². The zero-order valence-corrected chi connectivity index (χ0v) is 19.5. The maximum absolute atomic E-state index is 14.8. The molecule has 1 saturated carbocycles. The third-order valence-electron chi connectivity index (χ3n) is 6.47. The lowest BCUT2D eigenvalue weighted by atomic mass is 10.00. The first-order valence-electron chi connectivity index (χ1n) is 11.6. The van der Waals surface area contributed by atoms with E-state index in [0.29, 0.717) is 29.2 Å². The van der Waals surface area contributed by atoms with Crippen molar-refractivity contribution in [1.29, 1.82) is 0 Å². The van der Waals surface area contributed by atoms with E-state index in [0.717, 1.165) is 36.9 Å². The largest absolute Gasteiger partial charge is 0.322 e. The predicted octanol–water partition coefficient (Wildman–Crippen LogP) is 3.40. The first-order chi connectivity index (χ1) is 16.3. The molecule has 1 fully saturated rings. The fourth-order valence-corrected chi connectivity index (χ4v) is 4.60. The van der Waals surface area contributed by atoms with E-state index in [1.807, 2.05) is 16.8 Å². The first kappa shape index (κ1) is 21.0. The van der Waals surface area contributed by atoms with E-state index in [4.69, 9.17) is 0 Å². The number of aromatic nitrogens is 6. The Hall–Kier alpha value is -3.53. The van der Waals surface area contributed by atoms with E-state index in [1.54, 1.807) is 21.6 Å². The average molecular weight is 463 g/mol. The molecule has 176 valence electrons. The van der Waals surface area contributed by atoms with Gasteiger partial charge in [0, 0.05) is 30.7 Å². The number of rotatable bonds is 4. The molecule has 6 rings (SSSR count). The zero-order valence-electron chi connectivity index (χ0n) is 19.5. The number of benzene rings is 1. The molecule has 4 heterocycles. The van der Waals surface area contributed by atoms with Crippen molar-refractivity contribution in [1.82, 2.24) is 34.2 Å². The van der Waals surface area contributed by atoms with Crippen LogP contribution >= 0.6 is 0 Å². The average Bonchev–Trinajstić information content (AvgIpc) is 3.43. The van der Waals surface area contributed by atoms with Crippen molar-refractivity contribution in [2.75, 3.05) is 11.9 Å². The molecule has 1 aliphatic carbocycles. The minimum atomic E-state index is -0.359. The Morgan fingerprint density at radius 3 is 2.76 bits per heavy atom. The minimum absolute atomic E-state index is 0.106. The molecule has 0 unspecified atom stereocenters. The van der Waals surface area contributed by atoms with Crippen LogP contribution in [0.4, 0.5) is 16.0 Å². The summed E-state index contributed by atoms with van der Waals surface area (Å²) < 4.78 is 20.4. The van der Waals surface area contributed by atoms with Gasteiger partial charge in [-0.1, -0.05) is 0 Å². The van der Waals surface area contributed by atoms with E-state index in [-0.39, 0.29) is 28.9 Å². The highest BCUT2D eigenvalue weighted by atomic mass is 19.1. The van der Waals surface area contributed by atoms with Crippen molar-refractivity contribution >= 4 is 22.7 Å². The van der Waals surface area contributed by atoms with Crippen LogP contribution in [0.3, 0.4) is 0 Å². The van der Waals surface area contributed by atoms with Gasteiger partial charge in [-0.3, -0.25) is 4.79 Å². The number of hydrogen-bond acceptors (Lipinski definition) is 6. The van der Waals surface area contributed by atoms with Gasteiger partial charge in [0.1, 0.15) is 11.2 Å². The molecule has 2 N–H and O–H groups in total. The number of nitrogens with zero attached hydrogens (tertiary/aromatic N) is 6. The van der Waals surface area contributed by atoms with Gasteiger partial charge in [-0.25, -0.2) is 19.0 Å². The summed E-state index contributed by atoms with van der Waals surface area (Å²) in [5.41, 5.74) is 2.46. The lowest BCUT2D eigenvalue weighted by Gasteiger charge is -2.24. The van der Waals surface area contributed by atoms with Gasteiger partial charge in [0.2, 0.25) is 11.9 Å². The molecular formula is C24H27FN8O. The van der Waals surface area contributed by atoms with Gasteiger partial charge in [-0.15, -0.1) is 0 Å². The van der Waals surface area contributed by atoms with Crippen LogP contribution in [0.25, 0.3) is 17.0 Å². The smallest absolute Gasteiger partial charge is 0.278 e. The van der Waals surface area contributed by atoms with Crippen LogP contribution in [0.2, 0.25) is 0 Å². The Kier molecular flexibility index (Phi) is 4.63. The highest BCUT2D eigenvalue weighted by molar-refractivity contribution is 5.77. The molecule has 1 aliphatic heterocycles. The van der Waals surface area contributed by atoms with E-state index in [2.05, 4.69) is 46.4 Å². The zero-order chi connectivity index (χ0) is 23.6. The molecule has 0 bridgehead atoms. The summed E-state index contributed by atoms with van der Waals surface area (Å²) in [6, 6.07) is 3.49. The molecule has 34 heavy (non-hydrogen) atoms. The SMILES string of the molecule is CC(C)(C)n1ccnc1-n1c2nc(Nc3cc4c(cc3F)CNCC4)ncc2c(=O)n1C1CC1. The summed E-state index contributed by atoms with van der Waals surface area (Å²) in [7, 11) is 0. The van der Waals surface area contributed by atoms with Crippen molar-refractivity contribution < 1.29 is 4.39 Å². The van der Waals surface area contributed by atoms with Crippen LogP contribution in [-0.4, -0.2) is 35.4 Å². The maximum Gasteiger partial charge on any atom is 0.278 e. The Balaban J connectivity index is 1.49. The summed E-state index contributed by atoms with van der Waals surface area (Å²) in [4.78, 5) is 26.9. The standard InChI is InChI=1S/C24H27FN8O/c1-24(2,3)31-9-8-27-23(31)33-20-17(21(34)32(33)16-4-5-16)13-28-22(30-20)29-19-11-14-6-7-26-12-15(14)10-18(19)25/h8-11,13,16,26H,4-7,12H2,1-3H3,(H,28,29,30). The van der Waals surface area contributed by atoms with Gasteiger partial charge < -0.3 is 15.2 Å². The number of nitrogens with one attached hydrogen (secondary N) is 2. The first-order valence-corrected chi connectivity index (χ1v) is 11.6. The lowest BCUT2D eigenvalue weighted by molar-refractivity contribution is 0.380. The van der Waals surface area contributed by atoms with E-state index >= 15 is 0 Å². The second-order valence-electron chi connectivity index (χ2n) is 10.0. The fraction of sp³-hybridized carbons (Fsp3) is 0.417. The normalized spacial score (nSPS) is 16.1. The van der Waals surface area contributed by atoms with Crippen LogP contribution in [0.15, 0.2) is 35.5 Å². The highest BCUT2D eigenvalue weighted by Crippen LogP contribution is 2.36. The summed E-state index contributed by atoms with van der Waals surface area (Å²) in [6.07, 6.45) is 7.85. The number of imidazole rings is 1. The molecule has 9 nitrogen and oxygen atoms in total. The second-order valence-corrected chi connectivity index (χ2v) is 10.0. The molecule has 3 aromatic heterocycles. The molecule has 0 amide bonds. The Labute approximate surface area is 195 Å². The molecule has 1 aromatic carbocycles. The van der Waals surface area contributed by atoms with Gasteiger partial charge in [0.25, 0.3) is 5.56 Å². The van der Waals surface area contributed by atoms with Crippen molar-refractivity contribution in [3.63, 3.8) is 0 Å². The van der Waals surface area contributed by atoms with Gasteiger partial charge in [0.15, 0.2) is 5.65 Å². The number of anilines is 2. The van der Waals surface area contributed by atoms with Crippen molar-refractivity contribution in [3.05, 3.63) is 58.0 Å². The monoisotopic (exact) mass is 462 g/mol. The highest BCUT2D eigenvalue weighted by Gasteiger charge is 2.33. The Morgan fingerprint density at radius 2 is 2.00 bits per heavy atom. The summed E-state index contributed by atoms with van der Waals surface area (Å²) in [5, 5.41) is 6.71. The number of fused-ring (bicyclic) bond motifs is 2. The Morgan fingerprint density at radius 1 is 1.18 bits per heavy atom. The van der Waals surface area contributed by atoms with Crippen LogP contribution in [-0.2, 0) is 18.5 Å². The third kappa shape index (κ3) is 3.40. The molecule has 4 aromatic rings.